The molecule has 0 saturated carbocycles. The number of rotatable bonds is 3. The average molecular weight is 244 g/mol. The standard InChI is InChI=1S/C12H20O3S/c1-9(2)11(13)15-12(3)8-16-7-5-6-10(12)14-4/h10H,1,5-8H2,2-4H3. The number of hydrogen-bond donors (Lipinski definition) is 0. The monoisotopic (exact) mass is 244 g/mol. The van der Waals surface area contributed by atoms with Crippen LogP contribution in [0, 0.1) is 0 Å². The first-order valence-electron chi connectivity index (χ1n) is 5.49. The third-order valence-corrected chi connectivity index (χ3v) is 4.14. The van der Waals surface area contributed by atoms with E-state index in [4.69, 9.17) is 9.47 Å². The van der Waals surface area contributed by atoms with Crippen LogP contribution in [0.1, 0.15) is 26.7 Å². The largest absolute Gasteiger partial charge is 0.452 e. The van der Waals surface area contributed by atoms with Gasteiger partial charge in [0.15, 0.2) is 0 Å². The zero-order chi connectivity index (χ0) is 12.2. The highest BCUT2D eigenvalue weighted by molar-refractivity contribution is 7.99. The van der Waals surface area contributed by atoms with E-state index in [2.05, 4.69) is 6.58 Å². The zero-order valence-electron chi connectivity index (χ0n) is 10.2. The highest BCUT2D eigenvalue weighted by Crippen LogP contribution is 2.31. The lowest BCUT2D eigenvalue weighted by molar-refractivity contribution is -0.164. The summed E-state index contributed by atoms with van der Waals surface area (Å²) in [5.74, 6) is 1.55. The minimum absolute atomic E-state index is 0.0224. The summed E-state index contributed by atoms with van der Waals surface area (Å²) in [5.41, 5.74) is -0.100. The number of methoxy groups -OCH3 is 1. The molecule has 2 unspecified atom stereocenters. The summed E-state index contributed by atoms with van der Waals surface area (Å²) in [4.78, 5) is 11.6. The number of ether oxygens (including phenoxy) is 2. The first-order chi connectivity index (χ1) is 7.49. The van der Waals surface area contributed by atoms with Crippen LogP contribution >= 0.6 is 11.8 Å². The van der Waals surface area contributed by atoms with E-state index in [9.17, 15) is 4.79 Å². The van der Waals surface area contributed by atoms with Gasteiger partial charge in [-0.1, -0.05) is 6.58 Å². The lowest BCUT2D eigenvalue weighted by Gasteiger charge is -2.34. The lowest BCUT2D eigenvalue weighted by Crippen LogP contribution is -2.46. The molecule has 1 aliphatic rings. The zero-order valence-corrected chi connectivity index (χ0v) is 11.1. The molecule has 0 aromatic heterocycles. The Kier molecular flexibility index (Phi) is 4.87. The van der Waals surface area contributed by atoms with Crippen molar-refractivity contribution in [3.05, 3.63) is 12.2 Å². The molecule has 16 heavy (non-hydrogen) atoms. The van der Waals surface area contributed by atoms with E-state index in [1.54, 1.807) is 14.0 Å². The minimum Gasteiger partial charge on any atom is -0.452 e. The molecular weight excluding hydrogens is 224 g/mol. The second-order valence-corrected chi connectivity index (χ2v) is 5.51. The predicted molar refractivity (Wildman–Crippen MR) is 66.7 cm³/mol. The SMILES string of the molecule is C=C(C)C(=O)OC1(C)CSCCCC1OC. The molecule has 4 heteroatoms. The van der Waals surface area contributed by atoms with E-state index in [1.807, 2.05) is 18.7 Å². The maximum Gasteiger partial charge on any atom is 0.333 e. The van der Waals surface area contributed by atoms with Crippen LogP contribution in [-0.2, 0) is 14.3 Å². The number of esters is 1. The maximum absolute atomic E-state index is 11.6. The lowest BCUT2D eigenvalue weighted by atomic mass is 9.97. The van der Waals surface area contributed by atoms with Crippen molar-refractivity contribution in [3.8, 4) is 0 Å². The van der Waals surface area contributed by atoms with Gasteiger partial charge in [-0.25, -0.2) is 4.79 Å². The smallest absolute Gasteiger partial charge is 0.333 e. The van der Waals surface area contributed by atoms with Crippen molar-refractivity contribution in [1.29, 1.82) is 0 Å². The molecule has 1 fully saturated rings. The molecule has 1 rings (SSSR count). The Morgan fingerprint density at radius 3 is 2.81 bits per heavy atom. The highest BCUT2D eigenvalue weighted by atomic mass is 32.2. The van der Waals surface area contributed by atoms with Crippen molar-refractivity contribution < 1.29 is 14.3 Å². The van der Waals surface area contributed by atoms with Crippen LogP contribution in [0.3, 0.4) is 0 Å². The molecular formula is C12H20O3S. The first kappa shape index (κ1) is 13.6. The number of thioether (sulfide) groups is 1. The van der Waals surface area contributed by atoms with Crippen LogP contribution in [0.15, 0.2) is 12.2 Å². The Bertz CT molecular complexity index is 277. The van der Waals surface area contributed by atoms with E-state index in [0.717, 1.165) is 24.3 Å². The second kappa shape index (κ2) is 5.73. The molecule has 92 valence electrons. The van der Waals surface area contributed by atoms with Gasteiger partial charge in [0.1, 0.15) is 5.60 Å². The number of carbonyl (C=O) groups excluding carboxylic acids is 1. The van der Waals surface area contributed by atoms with E-state index in [-0.39, 0.29) is 12.1 Å². The molecule has 2 atom stereocenters. The topological polar surface area (TPSA) is 35.5 Å². The summed E-state index contributed by atoms with van der Waals surface area (Å²) in [6.07, 6.45) is 2.01. The summed E-state index contributed by atoms with van der Waals surface area (Å²) in [7, 11) is 1.67. The van der Waals surface area contributed by atoms with Gasteiger partial charge in [-0.2, -0.15) is 11.8 Å². The number of hydrogen-bond acceptors (Lipinski definition) is 4. The maximum atomic E-state index is 11.6. The van der Waals surface area contributed by atoms with Crippen LogP contribution in [-0.4, -0.2) is 36.3 Å². The van der Waals surface area contributed by atoms with Gasteiger partial charge in [0.05, 0.1) is 6.10 Å². The van der Waals surface area contributed by atoms with Crippen molar-refractivity contribution in [2.45, 2.75) is 38.4 Å². The molecule has 1 heterocycles. The fourth-order valence-corrected chi connectivity index (χ4v) is 2.97. The van der Waals surface area contributed by atoms with Crippen LogP contribution < -0.4 is 0 Å². The Balaban J connectivity index is 2.76. The third-order valence-electron chi connectivity index (χ3n) is 2.78. The van der Waals surface area contributed by atoms with Crippen molar-refractivity contribution in [3.63, 3.8) is 0 Å². The van der Waals surface area contributed by atoms with Crippen LogP contribution in [0.4, 0.5) is 0 Å². The van der Waals surface area contributed by atoms with Gasteiger partial charge < -0.3 is 9.47 Å². The van der Waals surface area contributed by atoms with Crippen LogP contribution in [0.25, 0.3) is 0 Å². The molecule has 3 nitrogen and oxygen atoms in total. The average Bonchev–Trinajstić information content (AvgIpc) is 2.39. The molecule has 0 N–H and O–H groups in total. The third kappa shape index (κ3) is 3.25. The quantitative estimate of drug-likeness (QED) is 0.564. The molecule has 1 aliphatic heterocycles. The van der Waals surface area contributed by atoms with Gasteiger partial charge in [-0.3, -0.25) is 0 Å². The normalized spacial score (nSPS) is 30.6. The van der Waals surface area contributed by atoms with Gasteiger partial charge in [-0.05, 0) is 32.4 Å². The first-order valence-corrected chi connectivity index (χ1v) is 6.64. The van der Waals surface area contributed by atoms with Crippen LogP contribution in [0.2, 0.25) is 0 Å². The molecule has 0 amide bonds. The summed E-state index contributed by atoms with van der Waals surface area (Å²) in [6.45, 7) is 7.21. The Labute approximate surface area is 102 Å². The Hall–Kier alpha value is -0.480. The second-order valence-electron chi connectivity index (χ2n) is 4.40. The summed E-state index contributed by atoms with van der Waals surface area (Å²) in [6, 6.07) is 0. The van der Waals surface area contributed by atoms with Gasteiger partial charge in [0.2, 0.25) is 0 Å². The molecule has 0 aromatic carbocycles. The molecule has 1 saturated heterocycles. The van der Waals surface area contributed by atoms with Crippen molar-refractivity contribution in [2.24, 2.45) is 0 Å². The minimum atomic E-state index is -0.536. The van der Waals surface area contributed by atoms with Gasteiger partial charge in [-0.15, -0.1) is 0 Å². The Morgan fingerprint density at radius 1 is 1.56 bits per heavy atom. The van der Waals surface area contributed by atoms with E-state index >= 15 is 0 Å². The Morgan fingerprint density at radius 2 is 2.25 bits per heavy atom. The summed E-state index contributed by atoms with van der Waals surface area (Å²) in [5, 5.41) is 0. The number of carbonyl (C=O) groups is 1. The molecule has 0 aromatic rings. The van der Waals surface area contributed by atoms with Crippen molar-refractivity contribution >= 4 is 17.7 Å². The summed E-state index contributed by atoms with van der Waals surface area (Å²) < 4.78 is 11.0. The molecule has 0 radical (unpaired) electrons. The molecule has 0 aliphatic carbocycles. The summed E-state index contributed by atoms with van der Waals surface area (Å²) >= 11 is 1.81. The fourth-order valence-electron chi connectivity index (χ4n) is 1.81. The van der Waals surface area contributed by atoms with E-state index < -0.39 is 5.60 Å². The van der Waals surface area contributed by atoms with E-state index in [0.29, 0.717) is 5.57 Å². The van der Waals surface area contributed by atoms with Crippen molar-refractivity contribution in [1.82, 2.24) is 0 Å². The highest BCUT2D eigenvalue weighted by Gasteiger charge is 2.39. The molecule has 0 spiro atoms. The fraction of sp³-hybridized carbons (Fsp3) is 0.750. The van der Waals surface area contributed by atoms with E-state index in [1.165, 1.54) is 0 Å². The van der Waals surface area contributed by atoms with Crippen LogP contribution in [0.5, 0.6) is 0 Å². The van der Waals surface area contributed by atoms with Gasteiger partial charge in [0.25, 0.3) is 0 Å². The molecule has 0 bridgehead atoms. The van der Waals surface area contributed by atoms with Gasteiger partial charge in [0, 0.05) is 18.4 Å². The predicted octanol–water partition coefficient (Wildman–Crippen LogP) is 2.41. The van der Waals surface area contributed by atoms with Gasteiger partial charge >= 0.3 is 5.97 Å². The van der Waals surface area contributed by atoms with Crippen molar-refractivity contribution in [2.75, 3.05) is 18.6 Å².